The molecule has 2 aliphatic heterocycles. The maximum absolute atomic E-state index is 3.79. The van der Waals surface area contributed by atoms with E-state index in [2.05, 4.69) is 22.5 Å². The van der Waals surface area contributed by atoms with Gasteiger partial charge in [-0.15, -0.1) is 0 Å². The minimum absolute atomic E-state index is 0.672. The normalized spacial score (nSPS) is 34.6. The summed E-state index contributed by atoms with van der Waals surface area (Å²) in [6.07, 6.45) is 9.82. The minimum Gasteiger partial charge on any atom is -0.314 e. The molecule has 3 unspecified atom stereocenters. The van der Waals surface area contributed by atoms with Gasteiger partial charge < -0.3 is 15.5 Å². The second kappa shape index (κ2) is 6.55. The third-order valence-electron chi connectivity index (χ3n) is 5.19. The molecule has 2 heterocycles. The van der Waals surface area contributed by atoms with E-state index in [4.69, 9.17) is 0 Å². The van der Waals surface area contributed by atoms with Gasteiger partial charge in [-0.2, -0.15) is 0 Å². The lowest BCUT2D eigenvalue weighted by atomic mass is 9.98. The lowest BCUT2D eigenvalue weighted by molar-refractivity contribution is 0.303. The van der Waals surface area contributed by atoms with Crippen molar-refractivity contribution in [2.75, 3.05) is 26.2 Å². The van der Waals surface area contributed by atoms with Crippen LogP contribution >= 0.6 is 0 Å². The van der Waals surface area contributed by atoms with E-state index in [0.717, 1.165) is 18.0 Å². The third kappa shape index (κ3) is 4.17. The van der Waals surface area contributed by atoms with Gasteiger partial charge in [-0.05, 0) is 71.0 Å². The topological polar surface area (TPSA) is 27.3 Å². The lowest BCUT2D eigenvalue weighted by Crippen LogP contribution is -2.41. The number of likely N-dealkylation sites (tertiary alicyclic amines) is 1. The number of piperidine rings is 1. The number of hydrogen-bond acceptors (Lipinski definition) is 3. The Hall–Kier alpha value is -0.120. The Kier molecular flexibility index (Phi) is 4.78. The van der Waals surface area contributed by atoms with E-state index in [1.807, 2.05) is 0 Å². The van der Waals surface area contributed by atoms with Crippen LogP contribution in [0.25, 0.3) is 0 Å². The predicted molar refractivity (Wildman–Crippen MR) is 80.4 cm³/mol. The molecule has 0 bridgehead atoms. The van der Waals surface area contributed by atoms with Crippen LogP contribution in [0.4, 0.5) is 0 Å². The molecule has 0 spiro atoms. The van der Waals surface area contributed by atoms with E-state index in [-0.39, 0.29) is 0 Å². The number of hydrogen-bond donors (Lipinski definition) is 2. The van der Waals surface area contributed by atoms with Crippen molar-refractivity contribution in [2.45, 2.75) is 70.0 Å². The van der Waals surface area contributed by atoms with Gasteiger partial charge in [0.1, 0.15) is 0 Å². The molecule has 0 aromatic rings. The first-order valence-electron chi connectivity index (χ1n) is 8.52. The first-order chi connectivity index (χ1) is 9.31. The van der Waals surface area contributed by atoms with Crippen molar-refractivity contribution in [1.29, 1.82) is 0 Å². The fraction of sp³-hybridized carbons (Fsp3) is 1.00. The molecule has 3 aliphatic rings. The molecule has 2 saturated heterocycles. The van der Waals surface area contributed by atoms with Crippen LogP contribution in [0.3, 0.4) is 0 Å². The smallest absolute Gasteiger partial charge is 0.00965 e. The second-order valence-electron chi connectivity index (χ2n) is 7.07. The van der Waals surface area contributed by atoms with E-state index in [9.17, 15) is 0 Å². The van der Waals surface area contributed by atoms with Gasteiger partial charge in [0.25, 0.3) is 0 Å². The average Bonchev–Trinajstić information content (AvgIpc) is 3.17. The number of nitrogens with zero attached hydrogens (tertiary/aromatic N) is 1. The summed E-state index contributed by atoms with van der Waals surface area (Å²) in [5.41, 5.74) is 0. The molecule has 3 heteroatoms. The average molecular weight is 265 g/mol. The highest BCUT2D eigenvalue weighted by Crippen LogP contribution is 2.31. The quantitative estimate of drug-likeness (QED) is 0.769. The van der Waals surface area contributed by atoms with E-state index >= 15 is 0 Å². The summed E-state index contributed by atoms with van der Waals surface area (Å²) in [5, 5.41) is 7.45. The summed E-state index contributed by atoms with van der Waals surface area (Å²) in [6.45, 7) is 7.54. The molecular formula is C16H31N3. The Morgan fingerprint density at radius 3 is 2.84 bits per heavy atom. The van der Waals surface area contributed by atoms with Crippen LogP contribution in [0, 0.1) is 5.92 Å². The van der Waals surface area contributed by atoms with Gasteiger partial charge in [-0.1, -0.05) is 6.42 Å². The maximum atomic E-state index is 3.79. The molecule has 1 saturated carbocycles. The van der Waals surface area contributed by atoms with E-state index < -0.39 is 0 Å². The zero-order valence-electron chi connectivity index (χ0n) is 12.5. The zero-order chi connectivity index (χ0) is 13.1. The van der Waals surface area contributed by atoms with Crippen molar-refractivity contribution in [3.05, 3.63) is 0 Å². The predicted octanol–water partition coefficient (Wildman–Crippen LogP) is 1.98. The molecule has 2 N–H and O–H groups in total. The van der Waals surface area contributed by atoms with Crippen LogP contribution in [0.5, 0.6) is 0 Å². The standard InChI is InChI=1S/C16H31N3/c1-13(10-15-4-2-3-8-17-15)18-11-14-7-9-19(12-14)16-5-6-16/h13-18H,2-12H2,1H3. The molecule has 3 atom stereocenters. The molecule has 110 valence electrons. The molecule has 0 radical (unpaired) electrons. The number of rotatable bonds is 6. The van der Waals surface area contributed by atoms with Gasteiger partial charge in [0.15, 0.2) is 0 Å². The molecule has 3 rings (SSSR count). The van der Waals surface area contributed by atoms with Crippen molar-refractivity contribution < 1.29 is 0 Å². The maximum Gasteiger partial charge on any atom is 0.00965 e. The molecule has 0 amide bonds. The van der Waals surface area contributed by atoms with E-state index in [1.54, 1.807) is 0 Å². The van der Waals surface area contributed by atoms with Gasteiger partial charge in [-0.25, -0.2) is 0 Å². The third-order valence-corrected chi connectivity index (χ3v) is 5.19. The molecule has 0 aromatic heterocycles. The molecular weight excluding hydrogens is 234 g/mol. The Morgan fingerprint density at radius 2 is 2.11 bits per heavy atom. The monoisotopic (exact) mass is 265 g/mol. The fourth-order valence-corrected chi connectivity index (χ4v) is 3.80. The van der Waals surface area contributed by atoms with Crippen molar-refractivity contribution in [3.8, 4) is 0 Å². The summed E-state index contributed by atoms with van der Waals surface area (Å²) < 4.78 is 0. The van der Waals surface area contributed by atoms with Crippen molar-refractivity contribution in [3.63, 3.8) is 0 Å². The summed E-state index contributed by atoms with van der Waals surface area (Å²) in [5.74, 6) is 0.905. The van der Waals surface area contributed by atoms with Gasteiger partial charge in [0.2, 0.25) is 0 Å². The van der Waals surface area contributed by atoms with Crippen LogP contribution in [-0.4, -0.2) is 49.2 Å². The highest BCUT2D eigenvalue weighted by molar-refractivity contribution is 4.90. The largest absolute Gasteiger partial charge is 0.314 e. The number of nitrogens with one attached hydrogen (secondary N) is 2. The molecule has 19 heavy (non-hydrogen) atoms. The highest BCUT2D eigenvalue weighted by atomic mass is 15.2. The van der Waals surface area contributed by atoms with Gasteiger partial charge in [0.05, 0.1) is 0 Å². The Balaban J connectivity index is 1.30. The lowest BCUT2D eigenvalue weighted by Gasteiger charge is -2.27. The minimum atomic E-state index is 0.672. The second-order valence-corrected chi connectivity index (χ2v) is 7.07. The Labute approximate surface area is 118 Å². The van der Waals surface area contributed by atoms with Crippen LogP contribution in [0.2, 0.25) is 0 Å². The van der Waals surface area contributed by atoms with Crippen molar-refractivity contribution >= 4 is 0 Å². The summed E-state index contributed by atoms with van der Waals surface area (Å²) in [6, 6.07) is 2.40. The summed E-state index contributed by atoms with van der Waals surface area (Å²) in [7, 11) is 0. The summed E-state index contributed by atoms with van der Waals surface area (Å²) >= 11 is 0. The van der Waals surface area contributed by atoms with Crippen LogP contribution in [-0.2, 0) is 0 Å². The van der Waals surface area contributed by atoms with Crippen LogP contribution in [0.15, 0.2) is 0 Å². The molecule has 3 fully saturated rings. The molecule has 0 aromatic carbocycles. The first kappa shape index (κ1) is 13.8. The van der Waals surface area contributed by atoms with Crippen molar-refractivity contribution in [2.24, 2.45) is 5.92 Å². The first-order valence-corrected chi connectivity index (χ1v) is 8.52. The van der Waals surface area contributed by atoms with E-state index in [1.165, 1.54) is 71.1 Å². The Bertz CT molecular complexity index is 271. The summed E-state index contributed by atoms with van der Waals surface area (Å²) in [4.78, 5) is 2.72. The van der Waals surface area contributed by atoms with Gasteiger partial charge in [-0.3, -0.25) is 0 Å². The van der Waals surface area contributed by atoms with Crippen LogP contribution in [0.1, 0.15) is 51.9 Å². The molecule has 3 nitrogen and oxygen atoms in total. The molecule has 1 aliphatic carbocycles. The van der Waals surface area contributed by atoms with E-state index in [0.29, 0.717) is 6.04 Å². The highest BCUT2D eigenvalue weighted by Gasteiger charge is 2.34. The van der Waals surface area contributed by atoms with Gasteiger partial charge >= 0.3 is 0 Å². The fourth-order valence-electron chi connectivity index (χ4n) is 3.80. The van der Waals surface area contributed by atoms with Crippen LogP contribution < -0.4 is 10.6 Å². The zero-order valence-corrected chi connectivity index (χ0v) is 12.5. The van der Waals surface area contributed by atoms with Crippen molar-refractivity contribution in [1.82, 2.24) is 15.5 Å². The van der Waals surface area contributed by atoms with Gasteiger partial charge in [0, 0.05) is 24.7 Å². The SMILES string of the molecule is CC(CC1CCCCN1)NCC1CCN(C2CC2)C1. The Morgan fingerprint density at radius 1 is 1.21 bits per heavy atom.